The lowest BCUT2D eigenvalue weighted by Gasteiger charge is -2.35. The van der Waals surface area contributed by atoms with Gasteiger partial charge in [-0.05, 0) is 46.8 Å². The number of benzene rings is 1. The van der Waals surface area contributed by atoms with Gasteiger partial charge in [-0.3, -0.25) is 9.59 Å². The lowest BCUT2D eigenvalue weighted by atomic mass is 9.89. The van der Waals surface area contributed by atoms with Crippen LogP contribution in [0.1, 0.15) is 50.2 Å². The quantitative estimate of drug-likeness (QED) is 0.340. The van der Waals surface area contributed by atoms with Crippen molar-refractivity contribution in [2.24, 2.45) is 5.92 Å². The fourth-order valence-electron chi connectivity index (χ4n) is 3.34. The fraction of sp³-hybridized carbons (Fsp3) is 0.565. The number of carbonyl (C=O) groups excluding carboxylic acids is 2. The average molecular weight is 448 g/mol. The first-order chi connectivity index (χ1) is 14.9. The van der Waals surface area contributed by atoms with Crippen LogP contribution < -0.4 is 5.32 Å². The van der Waals surface area contributed by atoms with Gasteiger partial charge < -0.3 is 24.6 Å². The normalized spacial score (nSPS) is 14.2. The summed E-state index contributed by atoms with van der Waals surface area (Å²) in [6, 6.07) is 5.10. The number of aliphatic hydroxyl groups excluding tert-OH is 1. The van der Waals surface area contributed by atoms with E-state index in [-0.39, 0.29) is 17.7 Å². The van der Waals surface area contributed by atoms with E-state index in [0.717, 1.165) is 0 Å². The number of nitrogens with zero attached hydrogens (tertiary/aromatic N) is 2. The van der Waals surface area contributed by atoms with Gasteiger partial charge in [0.1, 0.15) is 17.4 Å². The maximum Gasteiger partial charge on any atom is 0.311 e. The van der Waals surface area contributed by atoms with Crippen LogP contribution in [0.2, 0.25) is 0 Å². The van der Waals surface area contributed by atoms with E-state index in [9.17, 15) is 14.7 Å². The molecule has 0 spiro atoms. The number of hydrogen-bond acceptors (Lipinski definition) is 9. The molecule has 32 heavy (non-hydrogen) atoms. The number of aryl methyl sites for hydroxylation is 1. The molecule has 0 aliphatic rings. The number of aliphatic hydroxyl groups is 1. The molecular weight excluding hydrogens is 414 g/mol. The van der Waals surface area contributed by atoms with Crippen LogP contribution in [0, 0.1) is 12.8 Å². The Kier molecular flexibility index (Phi) is 7.92. The molecule has 2 unspecified atom stereocenters. The number of hydrogen-bond donors (Lipinski definition) is 2. The highest BCUT2D eigenvalue weighted by Crippen LogP contribution is 2.28. The van der Waals surface area contributed by atoms with Crippen molar-refractivity contribution in [3.05, 3.63) is 29.5 Å². The van der Waals surface area contributed by atoms with E-state index in [2.05, 4.69) is 15.3 Å². The zero-order chi connectivity index (χ0) is 24.3. The minimum Gasteiger partial charge on any atom is -0.469 e. The number of Topliss-reactive ketones (excluding diaryl/α,β-unsaturated/α-hetero) is 1. The Morgan fingerprint density at radius 1 is 1.09 bits per heavy atom. The predicted octanol–water partition coefficient (Wildman–Crippen LogP) is 2.88. The maximum atomic E-state index is 13.3. The summed E-state index contributed by atoms with van der Waals surface area (Å²) in [7, 11) is 3.88. The molecule has 0 radical (unpaired) electrons. The van der Waals surface area contributed by atoms with Crippen LogP contribution in [-0.2, 0) is 19.0 Å². The number of rotatable bonds is 9. The van der Waals surface area contributed by atoms with Gasteiger partial charge in [0.15, 0.2) is 11.6 Å². The number of aromatic nitrogens is 2. The number of nitrogens with one attached hydrogen (secondary N) is 1. The van der Waals surface area contributed by atoms with Crippen LogP contribution in [0.15, 0.2) is 18.2 Å². The molecule has 176 valence electrons. The number of fused-ring (bicyclic) bond motifs is 1. The molecule has 2 atom stereocenters. The average Bonchev–Trinajstić information content (AvgIpc) is 2.74. The van der Waals surface area contributed by atoms with E-state index < -0.39 is 23.8 Å². The number of esters is 1. The lowest BCUT2D eigenvalue weighted by Crippen LogP contribution is -2.50. The second kappa shape index (κ2) is 9.89. The molecular formula is C23H33N3O6. The molecule has 0 saturated carbocycles. The Morgan fingerprint density at radius 2 is 1.72 bits per heavy atom. The largest absolute Gasteiger partial charge is 0.469 e. The molecule has 0 amide bonds. The van der Waals surface area contributed by atoms with Crippen LogP contribution in [0.4, 0.5) is 5.82 Å². The number of methoxy groups -OCH3 is 3. The van der Waals surface area contributed by atoms with E-state index in [4.69, 9.17) is 14.2 Å². The first-order valence-corrected chi connectivity index (χ1v) is 10.3. The number of ketones is 1. The number of carbonyl (C=O) groups is 2. The Balaban J connectivity index is 2.49. The van der Waals surface area contributed by atoms with Crippen molar-refractivity contribution in [2.45, 2.75) is 58.5 Å². The highest BCUT2D eigenvalue weighted by atomic mass is 16.7. The van der Waals surface area contributed by atoms with Gasteiger partial charge in [0, 0.05) is 31.7 Å². The fourth-order valence-corrected chi connectivity index (χ4v) is 3.34. The molecule has 0 fully saturated rings. The Morgan fingerprint density at radius 3 is 2.25 bits per heavy atom. The molecule has 2 rings (SSSR count). The van der Waals surface area contributed by atoms with Gasteiger partial charge in [-0.25, -0.2) is 9.97 Å². The summed E-state index contributed by atoms with van der Waals surface area (Å²) in [5.74, 6) is -3.28. The van der Waals surface area contributed by atoms with Crippen LogP contribution in [0.25, 0.3) is 11.0 Å². The number of anilines is 1. The van der Waals surface area contributed by atoms with E-state index in [1.807, 2.05) is 27.7 Å². The Hall–Kier alpha value is -2.62. The van der Waals surface area contributed by atoms with Crippen molar-refractivity contribution in [3.63, 3.8) is 0 Å². The third-order valence-corrected chi connectivity index (χ3v) is 5.30. The molecule has 1 heterocycles. The van der Waals surface area contributed by atoms with Crippen LogP contribution in [0.3, 0.4) is 0 Å². The van der Waals surface area contributed by atoms with Crippen molar-refractivity contribution >= 4 is 28.6 Å². The predicted molar refractivity (Wildman–Crippen MR) is 121 cm³/mol. The SMILES string of the molecule is COC(=O)C(CC(=O)c1cccc2nc(C)c(NC(C)(C)C)nc12)C(O)C(C)(OC)OC. The summed E-state index contributed by atoms with van der Waals surface area (Å²) in [4.78, 5) is 35.0. The third kappa shape index (κ3) is 5.59. The highest BCUT2D eigenvalue weighted by molar-refractivity contribution is 6.07. The van der Waals surface area contributed by atoms with Crippen molar-refractivity contribution < 1.29 is 28.9 Å². The van der Waals surface area contributed by atoms with Gasteiger partial charge >= 0.3 is 5.97 Å². The first-order valence-electron chi connectivity index (χ1n) is 10.3. The summed E-state index contributed by atoms with van der Waals surface area (Å²) in [5.41, 5.74) is 1.72. The topological polar surface area (TPSA) is 120 Å². The van der Waals surface area contributed by atoms with Crippen LogP contribution in [-0.4, -0.2) is 65.6 Å². The molecule has 0 aliphatic carbocycles. The Labute approximate surface area is 188 Å². The van der Waals surface area contributed by atoms with Crippen molar-refractivity contribution in [2.75, 3.05) is 26.6 Å². The molecule has 0 bridgehead atoms. The van der Waals surface area contributed by atoms with Gasteiger partial charge in [0.05, 0.1) is 24.2 Å². The van der Waals surface area contributed by atoms with Crippen molar-refractivity contribution in [3.8, 4) is 0 Å². The number of para-hydroxylation sites is 1. The van der Waals surface area contributed by atoms with E-state index in [0.29, 0.717) is 28.1 Å². The number of ether oxygens (including phenoxy) is 3. The summed E-state index contributed by atoms with van der Waals surface area (Å²) < 4.78 is 15.3. The minimum absolute atomic E-state index is 0.253. The van der Waals surface area contributed by atoms with Gasteiger partial charge in [-0.1, -0.05) is 6.07 Å². The third-order valence-electron chi connectivity index (χ3n) is 5.30. The Bertz CT molecular complexity index is 982. The van der Waals surface area contributed by atoms with Crippen LogP contribution >= 0.6 is 0 Å². The molecule has 9 nitrogen and oxygen atoms in total. The standard InChI is InChI=1S/C23H33N3O6/c1-13-20(26-22(2,3)4)25-18-14(10-9-11-16(18)24-13)17(27)12-15(21(29)30-6)19(28)23(5,31-7)32-8/h9-11,15,19,28H,12H2,1-8H3,(H,25,26). The summed E-state index contributed by atoms with van der Waals surface area (Å²) in [6.45, 7) is 9.32. The highest BCUT2D eigenvalue weighted by Gasteiger charge is 2.43. The van der Waals surface area contributed by atoms with Gasteiger partial charge in [0.2, 0.25) is 0 Å². The van der Waals surface area contributed by atoms with E-state index in [1.165, 1.54) is 28.3 Å². The van der Waals surface area contributed by atoms with E-state index in [1.54, 1.807) is 18.2 Å². The lowest BCUT2D eigenvalue weighted by molar-refractivity contribution is -0.258. The molecule has 2 aromatic rings. The molecule has 1 aromatic carbocycles. The minimum atomic E-state index is -1.50. The van der Waals surface area contributed by atoms with Gasteiger partial charge in [0.25, 0.3) is 0 Å². The smallest absolute Gasteiger partial charge is 0.311 e. The molecule has 0 aliphatic heterocycles. The maximum absolute atomic E-state index is 13.3. The summed E-state index contributed by atoms with van der Waals surface area (Å²) >= 11 is 0. The second-order valence-electron chi connectivity index (χ2n) is 8.83. The molecule has 1 aromatic heterocycles. The molecule has 9 heteroatoms. The first kappa shape index (κ1) is 25.6. The van der Waals surface area contributed by atoms with Gasteiger partial charge in [-0.2, -0.15) is 0 Å². The van der Waals surface area contributed by atoms with Crippen molar-refractivity contribution in [1.29, 1.82) is 0 Å². The molecule has 2 N–H and O–H groups in total. The second-order valence-corrected chi connectivity index (χ2v) is 8.83. The van der Waals surface area contributed by atoms with Crippen LogP contribution in [0.5, 0.6) is 0 Å². The zero-order valence-electron chi connectivity index (χ0n) is 20.0. The zero-order valence-corrected chi connectivity index (χ0v) is 20.0. The summed E-state index contributed by atoms with van der Waals surface area (Å²) in [6.07, 6.45) is -1.78. The monoisotopic (exact) mass is 447 g/mol. The molecule has 0 saturated heterocycles. The summed E-state index contributed by atoms with van der Waals surface area (Å²) in [5, 5.41) is 14.1. The van der Waals surface area contributed by atoms with Crippen molar-refractivity contribution in [1.82, 2.24) is 9.97 Å². The van der Waals surface area contributed by atoms with E-state index >= 15 is 0 Å². The van der Waals surface area contributed by atoms with Gasteiger partial charge in [-0.15, -0.1) is 0 Å².